The zero-order valence-corrected chi connectivity index (χ0v) is 14.6. The van der Waals surface area contributed by atoms with Crippen LogP contribution in [-0.4, -0.2) is 30.6 Å². The molecule has 0 unspecified atom stereocenters. The molecule has 2 N–H and O–H groups in total. The Bertz CT molecular complexity index is 847. The van der Waals surface area contributed by atoms with Crippen molar-refractivity contribution in [2.75, 3.05) is 19.6 Å². The predicted molar refractivity (Wildman–Crippen MR) is 97.2 cm³/mol. The third-order valence-corrected chi connectivity index (χ3v) is 5.57. The molecule has 134 valence electrons. The van der Waals surface area contributed by atoms with E-state index in [0.717, 1.165) is 31.5 Å². The molecule has 0 amide bonds. The molecule has 1 aliphatic carbocycles. The number of nitrogens with zero attached hydrogens (tertiary/aromatic N) is 2. The Morgan fingerprint density at radius 2 is 2.12 bits per heavy atom. The first-order chi connectivity index (χ1) is 12.7. The molecular weight excluding hydrogens is 329 g/mol. The number of hydrogen-bond donors (Lipinski definition) is 1. The van der Waals surface area contributed by atoms with Crippen molar-refractivity contribution in [1.82, 2.24) is 4.90 Å². The Balaban J connectivity index is 1.63. The maximum absolute atomic E-state index is 14.4. The Labute approximate surface area is 153 Å². The summed E-state index contributed by atoms with van der Waals surface area (Å²) < 4.78 is 20.5. The Hall–Kier alpha value is -2.42. The zero-order chi connectivity index (χ0) is 18.1. The van der Waals surface area contributed by atoms with Crippen molar-refractivity contribution in [1.29, 1.82) is 5.26 Å². The van der Waals surface area contributed by atoms with E-state index in [-0.39, 0.29) is 17.9 Å². The summed E-state index contributed by atoms with van der Waals surface area (Å²) in [5.74, 6) is 0.227. The summed E-state index contributed by atoms with van der Waals surface area (Å²) in [4.78, 5) is 2.43. The summed E-state index contributed by atoms with van der Waals surface area (Å²) in [5, 5.41) is 8.93. The molecule has 5 heteroatoms. The number of fused-ring (bicyclic) bond motifs is 1. The smallest absolute Gasteiger partial charge is 0.166 e. The van der Waals surface area contributed by atoms with E-state index < -0.39 is 5.82 Å². The van der Waals surface area contributed by atoms with Gasteiger partial charge in [0.25, 0.3) is 0 Å². The largest absolute Gasteiger partial charge is 0.481 e. The van der Waals surface area contributed by atoms with Crippen LogP contribution in [0.15, 0.2) is 42.5 Å². The Kier molecular flexibility index (Phi) is 4.62. The van der Waals surface area contributed by atoms with Crippen LogP contribution in [0.2, 0.25) is 0 Å². The summed E-state index contributed by atoms with van der Waals surface area (Å²) in [7, 11) is 0. The first kappa shape index (κ1) is 17.0. The maximum atomic E-state index is 14.4. The quantitative estimate of drug-likeness (QED) is 0.920. The average Bonchev–Trinajstić information content (AvgIpc) is 3.28. The molecule has 2 aliphatic rings. The highest BCUT2D eigenvalue weighted by molar-refractivity contribution is 5.40. The van der Waals surface area contributed by atoms with E-state index >= 15 is 0 Å². The molecule has 0 aromatic heterocycles. The molecule has 2 aromatic carbocycles. The van der Waals surface area contributed by atoms with Crippen LogP contribution in [0.1, 0.15) is 29.2 Å². The normalized spacial score (nSPS) is 25.0. The molecule has 0 saturated carbocycles. The molecule has 0 bridgehead atoms. The van der Waals surface area contributed by atoms with Gasteiger partial charge < -0.3 is 10.5 Å². The van der Waals surface area contributed by atoms with Crippen LogP contribution < -0.4 is 10.5 Å². The molecule has 0 radical (unpaired) electrons. The van der Waals surface area contributed by atoms with Crippen LogP contribution in [0.5, 0.6) is 5.75 Å². The number of benzene rings is 2. The molecule has 3 atom stereocenters. The van der Waals surface area contributed by atoms with Gasteiger partial charge >= 0.3 is 0 Å². The highest BCUT2D eigenvalue weighted by Crippen LogP contribution is 2.40. The van der Waals surface area contributed by atoms with Gasteiger partial charge in [0, 0.05) is 6.54 Å². The topological polar surface area (TPSA) is 62.3 Å². The Morgan fingerprint density at radius 3 is 2.85 bits per heavy atom. The molecule has 26 heavy (non-hydrogen) atoms. The fourth-order valence-electron chi connectivity index (χ4n) is 4.16. The number of nitrogens with two attached hydrogens (primary N) is 1. The van der Waals surface area contributed by atoms with Crippen LogP contribution in [-0.2, 0) is 6.42 Å². The third kappa shape index (κ3) is 3.07. The van der Waals surface area contributed by atoms with E-state index in [1.54, 1.807) is 12.1 Å². The van der Waals surface area contributed by atoms with Crippen molar-refractivity contribution >= 4 is 0 Å². The summed E-state index contributed by atoms with van der Waals surface area (Å²) in [6.07, 6.45) is 1.78. The first-order valence-electron chi connectivity index (χ1n) is 9.08. The van der Waals surface area contributed by atoms with Crippen LogP contribution in [0, 0.1) is 23.1 Å². The molecular formula is C21H22FN3O. The van der Waals surface area contributed by atoms with Gasteiger partial charge in [0.2, 0.25) is 0 Å². The van der Waals surface area contributed by atoms with Crippen molar-refractivity contribution in [3.63, 3.8) is 0 Å². The zero-order valence-electron chi connectivity index (χ0n) is 14.6. The van der Waals surface area contributed by atoms with Crippen LogP contribution in [0.25, 0.3) is 0 Å². The van der Waals surface area contributed by atoms with Gasteiger partial charge in [-0.15, -0.1) is 0 Å². The van der Waals surface area contributed by atoms with E-state index in [2.05, 4.69) is 17.0 Å². The number of rotatable bonds is 4. The fourth-order valence-corrected chi connectivity index (χ4v) is 4.16. The van der Waals surface area contributed by atoms with Gasteiger partial charge in [0.05, 0.1) is 17.7 Å². The second-order valence-corrected chi connectivity index (χ2v) is 7.15. The molecule has 1 saturated heterocycles. The molecule has 0 spiro atoms. The van der Waals surface area contributed by atoms with Gasteiger partial charge in [-0.3, -0.25) is 4.90 Å². The minimum Gasteiger partial charge on any atom is -0.481 e. The lowest BCUT2D eigenvalue weighted by Gasteiger charge is -2.30. The molecule has 1 fully saturated rings. The molecule has 1 heterocycles. The highest BCUT2D eigenvalue weighted by atomic mass is 19.1. The van der Waals surface area contributed by atoms with E-state index in [9.17, 15) is 4.39 Å². The van der Waals surface area contributed by atoms with Gasteiger partial charge in [0.15, 0.2) is 11.6 Å². The average molecular weight is 351 g/mol. The Morgan fingerprint density at radius 1 is 1.27 bits per heavy atom. The lowest BCUT2D eigenvalue weighted by atomic mass is 10.1. The maximum Gasteiger partial charge on any atom is 0.166 e. The van der Waals surface area contributed by atoms with Gasteiger partial charge in [-0.1, -0.05) is 24.3 Å². The van der Waals surface area contributed by atoms with Crippen molar-refractivity contribution in [3.05, 3.63) is 65.0 Å². The first-order valence-corrected chi connectivity index (χ1v) is 9.08. The second kappa shape index (κ2) is 7.06. The molecule has 4 rings (SSSR count). The summed E-state index contributed by atoms with van der Waals surface area (Å²) >= 11 is 0. The summed E-state index contributed by atoms with van der Waals surface area (Å²) in [6, 6.07) is 14.7. The fraction of sp³-hybridized carbons (Fsp3) is 0.381. The lowest BCUT2D eigenvalue weighted by molar-refractivity contribution is 0.0883. The van der Waals surface area contributed by atoms with E-state index in [1.165, 1.54) is 11.6 Å². The second-order valence-electron chi connectivity index (χ2n) is 7.15. The third-order valence-electron chi connectivity index (χ3n) is 5.57. The van der Waals surface area contributed by atoms with Gasteiger partial charge in [0.1, 0.15) is 6.10 Å². The minimum absolute atomic E-state index is 0.180. The van der Waals surface area contributed by atoms with Crippen LogP contribution in [0.4, 0.5) is 4.39 Å². The van der Waals surface area contributed by atoms with Crippen LogP contribution in [0.3, 0.4) is 0 Å². The monoisotopic (exact) mass is 351 g/mol. The standard InChI is InChI=1S/C21H22FN3O/c22-18-9-14(11-23)5-6-20(18)26-21-17-4-2-1-3-16(17)10-19(21)25-8-7-15(12-24)13-25/h1-6,9,15,19,21H,7-8,10,12-13,24H2/t15-,19-,21-/m1/s1. The summed E-state index contributed by atoms with van der Waals surface area (Å²) in [5.41, 5.74) is 8.53. The van der Waals surface area contributed by atoms with Gasteiger partial charge in [-0.05, 0) is 61.2 Å². The number of ether oxygens (including phenoxy) is 1. The lowest BCUT2D eigenvalue weighted by Crippen LogP contribution is -2.39. The van der Waals surface area contributed by atoms with Crippen molar-refractivity contribution in [2.24, 2.45) is 11.7 Å². The summed E-state index contributed by atoms with van der Waals surface area (Å²) in [6.45, 7) is 2.66. The predicted octanol–water partition coefficient (Wildman–Crippen LogP) is 3.02. The van der Waals surface area contributed by atoms with E-state index in [0.29, 0.717) is 18.0 Å². The number of likely N-dealkylation sites (tertiary alicyclic amines) is 1. The SMILES string of the molecule is N#Cc1ccc(O[C@@H]2c3ccccc3C[C@H]2N2CC[C@H](CN)C2)c(F)c1. The number of halogens is 1. The van der Waals surface area contributed by atoms with E-state index in [4.69, 9.17) is 15.7 Å². The number of hydrogen-bond acceptors (Lipinski definition) is 4. The molecule has 2 aromatic rings. The van der Waals surface area contributed by atoms with E-state index in [1.807, 2.05) is 18.2 Å². The molecule has 1 aliphatic heterocycles. The van der Waals surface area contributed by atoms with Crippen molar-refractivity contribution in [3.8, 4) is 11.8 Å². The highest BCUT2D eigenvalue weighted by Gasteiger charge is 2.40. The number of nitriles is 1. The van der Waals surface area contributed by atoms with Crippen molar-refractivity contribution < 1.29 is 9.13 Å². The van der Waals surface area contributed by atoms with Gasteiger partial charge in [-0.2, -0.15) is 5.26 Å². The molecule has 4 nitrogen and oxygen atoms in total. The van der Waals surface area contributed by atoms with Crippen molar-refractivity contribution in [2.45, 2.75) is 25.0 Å². The van der Waals surface area contributed by atoms with Gasteiger partial charge in [-0.25, -0.2) is 4.39 Å². The minimum atomic E-state index is -0.492. The van der Waals surface area contributed by atoms with Crippen LogP contribution >= 0.6 is 0 Å².